The SMILES string of the molecule is Cc1cc(C)c(C)c(C(N)CC(=O)N(C)C)c1C. The van der Waals surface area contributed by atoms with Crippen LogP contribution in [0.2, 0.25) is 0 Å². The van der Waals surface area contributed by atoms with Crippen molar-refractivity contribution in [3.05, 3.63) is 33.9 Å². The van der Waals surface area contributed by atoms with Crippen LogP contribution in [0.1, 0.15) is 40.3 Å². The van der Waals surface area contributed by atoms with Crippen molar-refractivity contribution in [1.82, 2.24) is 4.90 Å². The molecule has 0 bridgehead atoms. The molecule has 0 aliphatic rings. The lowest BCUT2D eigenvalue weighted by molar-refractivity contribution is -0.129. The minimum Gasteiger partial charge on any atom is -0.349 e. The summed E-state index contributed by atoms with van der Waals surface area (Å²) < 4.78 is 0. The van der Waals surface area contributed by atoms with Crippen LogP contribution >= 0.6 is 0 Å². The third-order valence-corrected chi connectivity index (χ3v) is 3.69. The minimum absolute atomic E-state index is 0.0699. The third-order valence-electron chi connectivity index (χ3n) is 3.69. The van der Waals surface area contributed by atoms with E-state index in [1.807, 2.05) is 0 Å². The first-order valence-electron chi connectivity index (χ1n) is 6.28. The molecule has 0 radical (unpaired) electrons. The zero-order valence-electron chi connectivity index (χ0n) is 12.3. The molecule has 0 aliphatic heterocycles. The number of nitrogens with two attached hydrogens (primary N) is 1. The van der Waals surface area contributed by atoms with Crippen molar-refractivity contribution < 1.29 is 4.79 Å². The van der Waals surface area contributed by atoms with Gasteiger partial charge in [0.15, 0.2) is 0 Å². The Bertz CT molecular complexity index is 438. The van der Waals surface area contributed by atoms with E-state index in [0.717, 1.165) is 5.56 Å². The minimum atomic E-state index is -0.224. The monoisotopic (exact) mass is 248 g/mol. The van der Waals surface area contributed by atoms with Crippen LogP contribution in [0.15, 0.2) is 6.07 Å². The van der Waals surface area contributed by atoms with E-state index in [4.69, 9.17) is 5.73 Å². The fourth-order valence-corrected chi connectivity index (χ4v) is 2.28. The molecule has 0 heterocycles. The molecule has 1 amide bonds. The van der Waals surface area contributed by atoms with E-state index >= 15 is 0 Å². The smallest absolute Gasteiger partial charge is 0.223 e. The standard InChI is InChI=1S/C15H24N2O/c1-9-7-10(2)12(4)15(11(9)3)13(16)8-14(18)17(5)6/h7,13H,8,16H2,1-6H3. The highest BCUT2D eigenvalue weighted by molar-refractivity contribution is 5.76. The van der Waals surface area contributed by atoms with Crippen molar-refractivity contribution in [1.29, 1.82) is 0 Å². The fraction of sp³-hybridized carbons (Fsp3) is 0.533. The molecule has 0 saturated carbocycles. The highest BCUT2D eigenvalue weighted by Gasteiger charge is 2.18. The van der Waals surface area contributed by atoms with Crippen molar-refractivity contribution in [3.8, 4) is 0 Å². The number of hydrogen-bond donors (Lipinski definition) is 1. The summed E-state index contributed by atoms with van der Waals surface area (Å²) in [5.41, 5.74) is 12.2. The Balaban J connectivity index is 3.13. The number of benzene rings is 1. The maximum absolute atomic E-state index is 11.8. The van der Waals surface area contributed by atoms with Gasteiger partial charge in [-0.2, -0.15) is 0 Å². The van der Waals surface area contributed by atoms with Crippen LogP contribution < -0.4 is 5.73 Å². The van der Waals surface area contributed by atoms with Gasteiger partial charge in [-0.3, -0.25) is 4.79 Å². The maximum Gasteiger partial charge on any atom is 0.223 e. The van der Waals surface area contributed by atoms with Gasteiger partial charge in [-0.25, -0.2) is 0 Å². The van der Waals surface area contributed by atoms with E-state index < -0.39 is 0 Å². The largest absolute Gasteiger partial charge is 0.349 e. The van der Waals surface area contributed by atoms with E-state index in [1.165, 1.54) is 22.3 Å². The number of nitrogens with zero attached hydrogens (tertiary/aromatic N) is 1. The summed E-state index contributed by atoms with van der Waals surface area (Å²) in [6, 6.07) is 1.95. The number of aryl methyl sites for hydroxylation is 2. The zero-order valence-corrected chi connectivity index (χ0v) is 12.3. The Morgan fingerprint density at radius 2 is 1.61 bits per heavy atom. The first kappa shape index (κ1) is 14.7. The molecule has 0 aliphatic carbocycles. The van der Waals surface area contributed by atoms with E-state index in [1.54, 1.807) is 19.0 Å². The zero-order chi connectivity index (χ0) is 14.0. The summed E-state index contributed by atoms with van der Waals surface area (Å²) in [4.78, 5) is 13.4. The summed E-state index contributed by atoms with van der Waals surface area (Å²) in [6.07, 6.45) is 0.359. The van der Waals surface area contributed by atoms with Gasteiger partial charge in [0.2, 0.25) is 5.91 Å². The fourth-order valence-electron chi connectivity index (χ4n) is 2.28. The third kappa shape index (κ3) is 2.91. The molecule has 1 atom stereocenters. The van der Waals surface area contributed by atoms with Crippen molar-refractivity contribution in [2.24, 2.45) is 5.73 Å². The molecule has 1 unspecified atom stereocenters. The number of carbonyl (C=O) groups excluding carboxylic acids is 1. The highest BCUT2D eigenvalue weighted by atomic mass is 16.2. The predicted octanol–water partition coefficient (Wildman–Crippen LogP) is 2.40. The normalized spacial score (nSPS) is 12.4. The van der Waals surface area contributed by atoms with Gasteiger partial charge in [0.05, 0.1) is 0 Å². The lowest BCUT2D eigenvalue weighted by Gasteiger charge is -2.22. The summed E-state index contributed by atoms with van der Waals surface area (Å²) in [5, 5.41) is 0. The molecular weight excluding hydrogens is 224 g/mol. The van der Waals surface area contributed by atoms with Crippen molar-refractivity contribution in [3.63, 3.8) is 0 Å². The molecule has 18 heavy (non-hydrogen) atoms. The topological polar surface area (TPSA) is 46.3 Å². The quantitative estimate of drug-likeness (QED) is 0.893. The molecule has 3 heteroatoms. The second kappa shape index (κ2) is 5.53. The molecule has 2 N–H and O–H groups in total. The Labute approximate surface area is 110 Å². The average Bonchev–Trinajstić information content (AvgIpc) is 2.26. The molecule has 0 saturated heterocycles. The second-order valence-corrected chi connectivity index (χ2v) is 5.27. The van der Waals surface area contributed by atoms with Gasteiger partial charge in [0.1, 0.15) is 0 Å². The van der Waals surface area contributed by atoms with Gasteiger partial charge in [-0.1, -0.05) is 6.07 Å². The molecule has 3 nitrogen and oxygen atoms in total. The van der Waals surface area contributed by atoms with E-state index in [-0.39, 0.29) is 11.9 Å². The lowest BCUT2D eigenvalue weighted by Crippen LogP contribution is -2.27. The van der Waals surface area contributed by atoms with Crippen LogP contribution in [0.5, 0.6) is 0 Å². The summed E-state index contributed by atoms with van der Waals surface area (Å²) >= 11 is 0. The van der Waals surface area contributed by atoms with Gasteiger partial charge >= 0.3 is 0 Å². The molecule has 1 aromatic carbocycles. The van der Waals surface area contributed by atoms with E-state index in [0.29, 0.717) is 6.42 Å². The van der Waals surface area contributed by atoms with Crippen LogP contribution in [0.25, 0.3) is 0 Å². The van der Waals surface area contributed by atoms with Gasteiger partial charge in [-0.05, 0) is 55.5 Å². The Morgan fingerprint density at radius 1 is 1.17 bits per heavy atom. The summed E-state index contributed by atoms with van der Waals surface area (Å²) in [5.74, 6) is 0.0699. The first-order chi connectivity index (χ1) is 8.25. The first-order valence-corrected chi connectivity index (χ1v) is 6.28. The number of rotatable bonds is 3. The Hall–Kier alpha value is -1.35. The molecule has 0 aromatic heterocycles. The molecule has 1 rings (SSSR count). The van der Waals surface area contributed by atoms with Crippen molar-refractivity contribution in [2.75, 3.05) is 14.1 Å². The molecular formula is C15H24N2O. The Kier molecular flexibility index (Phi) is 4.52. The van der Waals surface area contributed by atoms with Crippen LogP contribution in [-0.2, 0) is 4.79 Å². The number of hydrogen-bond acceptors (Lipinski definition) is 2. The van der Waals surface area contributed by atoms with Gasteiger partial charge in [0, 0.05) is 26.6 Å². The van der Waals surface area contributed by atoms with Crippen LogP contribution in [0.4, 0.5) is 0 Å². The Morgan fingerprint density at radius 3 is 2.00 bits per heavy atom. The maximum atomic E-state index is 11.8. The molecule has 100 valence electrons. The van der Waals surface area contributed by atoms with Crippen molar-refractivity contribution in [2.45, 2.75) is 40.2 Å². The van der Waals surface area contributed by atoms with Crippen LogP contribution in [0, 0.1) is 27.7 Å². The molecule has 0 spiro atoms. The van der Waals surface area contributed by atoms with Gasteiger partial charge in [0.25, 0.3) is 0 Å². The number of amides is 1. The average molecular weight is 248 g/mol. The van der Waals surface area contributed by atoms with Crippen molar-refractivity contribution >= 4 is 5.91 Å². The van der Waals surface area contributed by atoms with Crippen LogP contribution in [0.3, 0.4) is 0 Å². The van der Waals surface area contributed by atoms with E-state index in [9.17, 15) is 4.79 Å². The predicted molar refractivity (Wildman–Crippen MR) is 75.6 cm³/mol. The summed E-state index contributed by atoms with van der Waals surface area (Å²) in [6.45, 7) is 8.34. The van der Waals surface area contributed by atoms with Gasteiger partial charge in [-0.15, -0.1) is 0 Å². The lowest BCUT2D eigenvalue weighted by atomic mass is 9.89. The molecule has 1 aromatic rings. The molecule has 0 fully saturated rings. The van der Waals surface area contributed by atoms with Crippen LogP contribution in [-0.4, -0.2) is 24.9 Å². The summed E-state index contributed by atoms with van der Waals surface area (Å²) in [7, 11) is 3.52. The second-order valence-electron chi connectivity index (χ2n) is 5.27. The van der Waals surface area contributed by atoms with Gasteiger partial charge < -0.3 is 10.6 Å². The van der Waals surface area contributed by atoms with E-state index in [2.05, 4.69) is 33.8 Å². The number of carbonyl (C=O) groups is 1. The highest BCUT2D eigenvalue weighted by Crippen LogP contribution is 2.28.